The highest BCUT2D eigenvalue weighted by atomic mass is 127. The summed E-state index contributed by atoms with van der Waals surface area (Å²) in [5.41, 5.74) is -1.16. The monoisotopic (exact) mass is 505 g/mol. The van der Waals surface area contributed by atoms with Crippen LogP contribution < -0.4 is 15.4 Å². The first-order chi connectivity index (χ1) is 13.0. The predicted octanol–water partition coefficient (Wildman–Crippen LogP) is 3.66. The smallest absolute Gasteiger partial charge is 0.191 e. The molecule has 0 aliphatic rings. The number of benzene rings is 1. The molecule has 1 aromatic carbocycles. The van der Waals surface area contributed by atoms with E-state index in [2.05, 4.69) is 15.6 Å². The molecule has 0 aliphatic heterocycles. The molecule has 156 valence electrons. The zero-order chi connectivity index (χ0) is 19.5. The van der Waals surface area contributed by atoms with Crippen LogP contribution in [-0.4, -0.2) is 37.3 Å². The Bertz CT molecular complexity index is 691. The van der Waals surface area contributed by atoms with Gasteiger partial charge in [0.2, 0.25) is 0 Å². The van der Waals surface area contributed by atoms with Crippen molar-refractivity contribution in [3.63, 3.8) is 0 Å². The molecular weight excluding hydrogens is 476 g/mol. The summed E-state index contributed by atoms with van der Waals surface area (Å²) in [6.45, 7) is 5.85. The third kappa shape index (κ3) is 8.47. The summed E-state index contributed by atoms with van der Waals surface area (Å²) in [5.74, 6) is 1.52. The van der Waals surface area contributed by atoms with Crippen LogP contribution >= 0.6 is 24.0 Å². The third-order valence-electron chi connectivity index (χ3n) is 3.89. The highest BCUT2D eigenvalue weighted by Gasteiger charge is 2.25. The summed E-state index contributed by atoms with van der Waals surface area (Å²) in [6, 6.07) is 9.48. The van der Waals surface area contributed by atoms with Crippen molar-refractivity contribution >= 4 is 29.9 Å². The SMILES string of the molecule is CCNC(=NCC(C)(O)c1ccco1)NCCCCOc1ccc(F)cc1.I. The Kier molecular flexibility index (Phi) is 10.9. The number of nitrogens with zero attached hydrogens (tertiary/aromatic N) is 1. The minimum Gasteiger partial charge on any atom is -0.494 e. The lowest BCUT2D eigenvalue weighted by atomic mass is 10.0. The summed E-state index contributed by atoms with van der Waals surface area (Å²) in [7, 11) is 0. The van der Waals surface area contributed by atoms with Crippen molar-refractivity contribution < 1.29 is 18.7 Å². The van der Waals surface area contributed by atoms with Crippen molar-refractivity contribution in [1.29, 1.82) is 0 Å². The average Bonchev–Trinajstić information content (AvgIpc) is 3.20. The molecule has 1 heterocycles. The number of rotatable bonds is 10. The first-order valence-corrected chi connectivity index (χ1v) is 9.18. The fourth-order valence-corrected chi connectivity index (χ4v) is 2.39. The van der Waals surface area contributed by atoms with Crippen LogP contribution in [0.1, 0.15) is 32.4 Å². The molecule has 8 heteroatoms. The molecule has 0 aliphatic carbocycles. The molecule has 1 aromatic heterocycles. The van der Waals surface area contributed by atoms with E-state index in [9.17, 15) is 9.50 Å². The topological polar surface area (TPSA) is 79.0 Å². The molecule has 28 heavy (non-hydrogen) atoms. The van der Waals surface area contributed by atoms with Crippen molar-refractivity contribution in [1.82, 2.24) is 10.6 Å². The van der Waals surface area contributed by atoms with Crippen molar-refractivity contribution in [2.75, 3.05) is 26.2 Å². The van der Waals surface area contributed by atoms with E-state index in [4.69, 9.17) is 9.15 Å². The minimum absolute atomic E-state index is 0. The third-order valence-corrected chi connectivity index (χ3v) is 3.89. The first-order valence-electron chi connectivity index (χ1n) is 9.18. The highest BCUT2D eigenvalue weighted by Crippen LogP contribution is 2.21. The number of hydrogen-bond donors (Lipinski definition) is 3. The molecular formula is C20H29FIN3O3. The Morgan fingerprint density at radius 1 is 1.21 bits per heavy atom. The molecule has 0 spiro atoms. The molecule has 0 radical (unpaired) electrons. The van der Waals surface area contributed by atoms with Crippen LogP contribution in [0.2, 0.25) is 0 Å². The van der Waals surface area contributed by atoms with Crippen LogP contribution in [0.3, 0.4) is 0 Å². The molecule has 0 saturated heterocycles. The largest absolute Gasteiger partial charge is 0.494 e. The lowest BCUT2D eigenvalue weighted by Crippen LogP contribution is -2.39. The summed E-state index contributed by atoms with van der Waals surface area (Å²) in [6.07, 6.45) is 3.28. The molecule has 6 nitrogen and oxygen atoms in total. The van der Waals surface area contributed by atoms with Crippen LogP contribution in [-0.2, 0) is 5.60 Å². The Morgan fingerprint density at radius 3 is 2.61 bits per heavy atom. The number of unbranched alkanes of at least 4 members (excludes halogenated alkanes) is 1. The van der Waals surface area contributed by atoms with Crippen molar-refractivity contribution in [2.24, 2.45) is 4.99 Å². The second-order valence-electron chi connectivity index (χ2n) is 6.38. The normalized spacial score (nSPS) is 13.4. The van der Waals surface area contributed by atoms with Crippen molar-refractivity contribution in [3.8, 4) is 5.75 Å². The van der Waals surface area contributed by atoms with Gasteiger partial charge in [-0.05, 0) is 63.1 Å². The van der Waals surface area contributed by atoms with Crippen LogP contribution in [0.25, 0.3) is 0 Å². The predicted molar refractivity (Wildman–Crippen MR) is 119 cm³/mol. The lowest BCUT2D eigenvalue weighted by molar-refractivity contribution is 0.0437. The van der Waals surface area contributed by atoms with E-state index in [-0.39, 0.29) is 36.3 Å². The molecule has 0 saturated carbocycles. The maximum atomic E-state index is 12.8. The number of aliphatic hydroxyl groups is 1. The van der Waals surface area contributed by atoms with Crippen molar-refractivity contribution in [3.05, 3.63) is 54.2 Å². The van der Waals surface area contributed by atoms with Gasteiger partial charge >= 0.3 is 0 Å². The number of halogens is 2. The second kappa shape index (κ2) is 12.6. The van der Waals surface area contributed by atoms with Gasteiger partial charge in [0.15, 0.2) is 5.96 Å². The van der Waals surface area contributed by atoms with Gasteiger partial charge in [-0.1, -0.05) is 0 Å². The number of aliphatic imine (C=N–C) groups is 1. The highest BCUT2D eigenvalue weighted by molar-refractivity contribution is 14.0. The summed E-state index contributed by atoms with van der Waals surface area (Å²) in [5, 5.41) is 16.9. The second-order valence-corrected chi connectivity index (χ2v) is 6.38. The summed E-state index contributed by atoms with van der Waals surface area (Å²) < 4.78 is 23.7. The Morgan fingerprint density at radius 2 is 1.96 bits per heavy atom. The van der Waals surface area contributed by atoms with E-state index in [0.29, 0.717) is 24.1 Å². The molecule has 1 unspecified atom stereocenters. The van der Waals surface area contributed by atoms with Crippen molar-refractivity contribution in [2.45, 2.75) is 32.3 Å². The zero-order valence-corrected chi connectivity index (χ0v) is 18.6. The van der Waals surface area contributed by atoms with Crippen LogP contribution in [0.4, 0.5) is 4.39 Å². The fourth-order valence-electron chi connectivity index (χ4n) is 2.39. The lowest BCUT2D eigenvalue weighted by Gasteiger charge is -2.19. The van der Waals surface area contributed by atoms with E-state index in [1.165, 1.54) is 18.4 Å². The number of guanidine groups is 1. The summed E-state index contributed by atoms with van der Waals surface area (Å²) in [4.78, 5) is 4.43. The molecule has 2 aromatic rings. The zero-order valence-electron chi connectivity index (χ0n) is 16.3. The molecule has 0 bridgehead atoms. The van der Waals surface area contributed by atoms with E-state index < -0.39 is 5.60 Å². The molecule has 1 atom stereocenters. The van der Waals surface area contributed by atoms with E-state index in [0.717, 1.165) is 25.9 Å². The van der Waals surface area contributed by atoms with Gasteiger partial charge in [-0.3, -0.25) is 0 Å². The van der Waals surface area contributed by atoms with Crippen LogP contribution in [0.5, 0.6) is 5.75 Å². The standard InChI is InChI=1S/C20H28FN3O3.HI/c1-3-22-19(24-15-20(2,25)18-7-6-14-27-18)23-12-4-5-13-26-17-10-8-16(21)9-11-17;/h6-11,14,25H,3-5,12-13,15H2,1-2H3,(H2,22,23,24);1H. The van der Waals surface area contributed by atoms with E-state index in [1.54, 1.807) is 31.2 Å². The van der Waals surface area contributed by atoms with E-state index >= 15 is 0 Å². The van der Waals surface area contributed by atoms with Crippen LogP contribution in [0.15, 0.2) is 52.1 Å². The fraction of sp³-hybridized carbons (Fsp3) is 0.450. The number of furan rings is 1. The van der Waals surface area contributed by atoms with Crippen LogP contribution in [0, 0.1) is 5.82 Å². The van der Waals surface area contributed by atoms with Gasteiger partial charge in [-0.2, -0.15) is 0 Å². The maximum absolute atomic E-state index is 12.8. The molecule has 2 rings (SSSR count). The summed E-state index contributed by atoms with van der Waals surface area (Å²) >= 11 is 0. The number of nitrogens with one attached hydrogen (secondary N) is 2. The Hall–Kier alpha value is -1.81. The molecule has 0 amide bonds. The van der Waals surface area contributed by atoms with Gasteiger partial charge in [0.1, 0.15) is 22.9 Å². The van der Waals surface area contributed by atoms with Gasteiger partial charge in [0.05, 0.1) is 19.4 Å². The van der Waals surface area contributed by atoms with Gasteiger partial charge in [0, 0.05) is 13.1 Å². The van der Waals surface area contributed by atoms with Gasteiger partial charge in [-0.25, -0.2) is 9.38 Å². The number of ether oxygens (including phenoxy) is 1. The van der Waals surface area contributed by atoms with Gasteiger partial charge in [0.25, 0.3) is 0 Å². The quantitative estimate of drug-likeness (QED) is 0.199. The first kappa shape index (κ1) is 24.2. The Balaban J connectivity index is 0.00000392. The molecule has 3 N–H and O–H groups in total. The number of hydrogen-bond acceptors (Lipinski definition) is 4. The maximum Gasteiger partial charge on any atom is 0.191 e. The molecule has 0 fully saturated rings. The van der Waals surface area contributed by atoms with Gasteiger partial charge in [-0.15, -0.1) is 24.0 Å². The van der Waals surface area contributed by atoms with Gasteiger partial charge < -0.3 is 24.9 Å². The Labute approximate surface area is 182 Å². The minimum atomic E-state index is -1.16. The average molecular weight is 505 g/mol. The van der Waals surface area contributed by atoms with E-state index in [1.807, 2.05) is 6.92 Å².